The maximum atomic E-state index is 12.3. The number of terminal acetylenes is 1. The number of carbonyl (C=O) groups excluding carboxylic acids is 1. The smallest absolute Gasteiger partial charge is 0.266 e. The van der Waals surface area contributed by atoms with E-state index in [2.05, 4.69) is 33.8 Å². The number of amides is 1. The number of benzene rings is 2. The van der Waals surface area contributed by atoms with Crippen LogP contribution >= 0.6 is 22.6 Å². The number of rotatable bonds is 6. The van der Waals surface area contributed by atoms with Crippen LogP contribution in [0.3, 0.4) is 0 Å². The molecule has 0 radical (unpaired) electrons. The standard InChI is InChI=1S/C20H15IN2O3/c1-3-9-26-19-17(21)11-14(12-18(19)25-2)10-15(13-22)20(24)23-16-7-5-4-6-8-16/h1,4-8,10-12H,9H2,2H3,(H,23,24)/b15-10-. The Morgan fingerprint density at radius 1 is 1.35 bits per heavy atom. The minimum absolute atomic E-state index is 0.0241. The van der Waals surface area contributed by atoms with E-state index in [4.69, 9.17) is 15.9 Å². The molecule has 0 aliphatic heterocycles. The molecule has 0 atom stereocenters. The Morgan fingerprint density at radius 2 is 2.08 bits per heavy atom. The number of nitrogens with one attached hydrogen (secondary N) is 1. The van der Waals surface area contributed by atoms with Gasteiger partial charge in [-0.3, -0.25) is 4.79 Å². The van der Waals surface area contributed by atoms with Crippen LogP contribution in [0.1, 0.15) is 5.56 Å². The molecule has 5 nitrogen and oxygen atoms in total. The summed E-state index contributed by atoms with van der Waals surface area (Å²) < 4.78 is 11.6. The Bertz CT molecular complexity index is 909. The number of anilines is 1. The highest BCUT2D eigenvalue weighted by molar-refractivity contribution is 14.1. The first kappa shape index (κ1) is 19.4. The van der Waals surface area contributed by atoms with Gasteiger partial charge in [0.15, 0.2) is 11.5 Å². The summed E-state index contributed by atoms with van der Waals surface area (Å²) in [7, 11) is 1.51. The Morgan fingerprint density at radius 3 is 2.69 bits per heavy atom. The van der Waals surface area contributed by atoms with Gasteiger partial charge in [-0.05, 0) is 58.5 Å². The summed E-state index contributed by atoms with van der Waals surface area (Å²) in [5, 5.41) is 12.0. The highest BCUT2D eigenvalue weighted by atomic mass is 127. The number of hydrogen-bond acceptors (Lipinski definition) is 4. The summed E-state index contributed by atoms with van der Waals surface area (Å²) in [4.78, 5) is 12.3. The fourth-order valence-corrected chi connectivity index (χ4v) is 2.89. The van der Waals surface area contributed by atoms with E-state index >= 15 is 0 Å². The molecule has 0 spiro atoms. The molecular formula is C20H15IN2O3. The SMILES string of the molecule is C#CCOc1c(I)cc(/C=C(/C#N)C(=O)Nc2ccccc2)cc1OC. The van der Waals surface area contributed by atoms with Crippen LogP contribution < -0.4 is 14.8 Å². The molecule has 2 aromatic rings. The first-order chi connectivity index (χ1) is 12.6. The summed E-state index contributed by atoms with van der Waals surface area (Å²) in [5.41, 5.74) is 1.23. The minimum Gasteiger partial charge on any atom is -0.493 e. The van der Waals surface area contributed by atoms with Crippen LogP contribution in [0, 0.1) is 27.2 Å². The number of para-hydroxylation sites is 1. The third kappa shape index (κ3) is 5.01. The molecule has 26 heavy (non-hydrogen) atoms. The zero-order valence-corrected chi connectivity index (χ0v) is 16.1. The molecule has 130 valence electrons. The Balaban J connectivity index is 2.31. The van der Waals surface area contributed by atoms with Gasteiger partial charge in [0.1, 0.15) is 18.2 Å². The second-order valence-corrected chi connectivity index (χ2v) is 6.18. The summed E-state index contributed by atoms with van der Waals surface area (Å²) in [6.45, 7) is 0.116. The van der Waals surface area contributed by atoms with E-state index in [0.29, 0.717) is 22.7 Å². The molecule has 0 saturated carbocycles. The summed E-state index contributed by atoms with van der Waals surface area (Å²) in [6, 6.07) is 14.3. The molecule has 0 heterocycles. The van der Waals surface area contributed by atoms with Crippen molar-refractivity contribution in [2.75, 3.05) is 19.0 Å². The van der Waals surface area contributed by atoms with Gasteiger partial charge in [-0.1, -0.05) is 24.1 Å². The summed E-state index contributed by atoms with van der Waals surface area (Å²) >= 11 is 2.08. The van der Waals surface area contributed by atoms with Gasteiger partial charge in [-0.2, -0.15) is 5.26 Å². The Kier molecular flexibility index (Phi) is 7.07. The van der Waals surface area contributed by atoms with Gasteiger partial charge in [0, 0.05) is 5.69 Å². The van der Waals surface area contributed by atoms with Crippen LogP contribution in [0.15, 0.2) is 48.0 Å². The molecule has 0 unspecified atom stereocenters. The number of nitriles is 1. The highest BCUT2D eigenvalue weighted by Crippen LogP contribution is 2.34. The van der Waals surface area contributed by atoms with E-state index in [1.54, 1.807) is 36.4 Å². The molecule has 0 bridgehead atoms. The number of halogens is 1. The van der Waals surface area contributed by atoms with E-state index in [1.807, 2.05) is 12.1 Å². The van der Waals surface area contributed by atoms with Crippen molar-refractivity contribution < 1.29 is 14.3 Å². The fraction of sp³-hybridized carbons (Fsp3) is 0.100. The van der Waals surface area contributed by atoms with Gasteiger partial charge in [-0.25, -0.2) is 0 Å². The Hall–Kier alpha value is -2.97. The lowest BCUT2D eigenvalue weighted by Gasteiger charge is -2.12. The van der Waals surface area contributed by atoms with Crippen molar-refractivity contribution in [1.29, 1.82) is 5.26 Å². The lowest BCUT2D eigenvalue weighted by molar-refractivity contribution is -0.112. The predicted molar refractivity (Wildman–Crippen MR) is 109 cm³/mol. The van der Waals surface area contributed by atoms with Crippen LogP contribution in [0.5, 0.6) is 11.5 Å². The van der Waals surface area contributed by atoms with E-state index in [-0.39, 0.29) is 12.2 Å². The average Bonchev–Trinajstić information content (AvgIpc) is 2.65. The third-order valence-electron chi connectivity index (χ3n) is 3.26. The summed E-state index contributed by atoms with van der Waals surface area (Å²) in [5.74, 6) is 2.91. The normalized spacial score (nSPS) is 10.4. The lowest BCUT2D eigenvalue weighted by atomic mass is 10.1. The molecule has 2 aromatic carbocycles. The number of hydrogen-bond donors (Lipinski definition) is 1. The topological polar surface area (TPSA) is 71.3 Å². The lowest BCUT2D eigenvalue weighted by Crippen LogP contribution is -2.13. The molecule has 0 aliphatic carbocycles. The number of ether oxygens (including phenoxy) is 2. The van der Waals surface area contributed by atoms with Gasteiger partial charge < -0.3 is 14.8 Å². The molecule has 1 N–H and O–H groups in total. The van der Waals surface area contributed by atoms with Crippen LogP contribution in [-0.4, -0.2) is 19.6 Å². The van der Waals surface area contributed by atoms with Crippen molar-refractivity contribution in [2.24, 2.45) is 0 Å². The van der Waals surface area contributed by atoms with Crippen molar-refractivity contribution >= 4 is 40.3 Å². The van der Waals surface area contributed by atoms with Crippen molar-refractivity contribution in [3.8, 4) is 29.9 Å². The first-order valence-corrected chi connectivity index (χ1v) is 8.59. The van der Waals surface area contributed by atoms with Crippen molar-refractivity contribution in [2.45, 2.75) is 0 Å². The maximum absolute atomic E-state index is 12.3. The maximum Gasteiger partial charge on any atom is 0.266 e. The van der Waals surface area contributed by atoms with Crippen molar-refractivity contribution in [1.82, 2.24) is 0 Å². The molecule has 6 heteroatoms. The van der Waals surface area contributed by atoms with Crippen LogP contribution in [-0.2, 0) is 4.79 Å². The number of nitrogens with zero attached hydrogens (tertiary/aromatic N) is 1. The van der Waals surface area contributed by atoms with Gasteiger partial charge in [0.2, 0.25) is 0 Å². The molecular weight excluding hydrogens is 443 g/mol. The molecule has 0 fully saturated rings. The zero-order chi connectivity index (χ0) is 18.9. The quantitative estimate of drug-likeness (QED) is 0.309. The zero-order valence-electron chi connectivity index (χ0n) is 14.0. The molecule has 0 aliphatic rings. The van der Waals surface area contributed by atoms with Crippen LogP contribution in [0.2, 0.25) is 0 Å². The molecule has 0 aromatic heterocycles. The van der Waals surface area contributed by atoms with Gasteiger partial charge in [-0.15, -0.1) is 6.42 Å². The van der Waals surface area contributed by atoms with Crippen LogP contribution in [0.25, 0.3) is 6.08 Å². The van der Waals surface area contributed by atoms with E-state index in [1.165, 1.54) is 13.2 Å². The predicted octanol–water partition coefficient (Wildman–Crippen LogP) is 3.86. The number of carbonyl (C=O) groups is 1. The average molecular weight is 458 g/mol. The number of methoxy groups -OCH3 is 1. The first-order valence-electron chi connectivity index (χ1n) is 7.51. The highest BCUT2D eigenvalue weighted by Gasteiger charge is 2.13. The van der Waals surface area contributed by atoms with Gasteiger partial charge in [0.25, 0.3) is 5.91 Å². The van der Waals surface area contributed by atoms with Crippen molar-refractivity contribution in [3.63, 3.8) is 0 Å². The molecule has 1 amide bonds. The molecule has 2 rings (SSSR count). The Labute approximate surface area is 165 Å². The molecule has 0 saturated heterocycles. The van der Waals surface area contributed by atoms with Gasteiger partial charge >= 0.3 is 0 Å². The van der Waals surface area contributed by atoms with E-state index in [0.717, 1.165) is 3.57 Å². The fourth-order valence-electron chi connectivity index (χ4n) is 2.11. The minimum atomic E-state index is -0.486. The van der Waals surface area contributed by atoms with E-state index in [9.17, 15) is 10.1 Å². The largest absolute Gasteiger partial charge is 0.493 e. The second-order valence-electron chi connectivity index (χ2n) is 5.02. The summed E-state index contributed by atoms with van der Waals surface area (Å²) in [6.07, 6.45) is 6.71. The second kappa shape index (κ2) is 9.50. The van der Waals surface area contributed by atoms with Crippen LogP contribution in [0.4, 0.5) is 5.69 Å². The third-order valence-corrected chi connectivity index (χ3v) is 4.06. The van der Waals surface area contributed by atoms with Crippen molar-refractivity contribution in [3.05, 3.63) is 57.2 Å². The van der Waals surface area contributed by atoms with E-state index < -0.39 is 5.91 Å². The van der Waals surface area contributed by atoms with Gasteiger partial charge in [0.05, 0.1) is 10.7 Å². The monoisotopic (exact) mass is 458 g/mol.